The standard InChI is InChI=1S/C20H23NO3/c1-23-18-11-15(12-19(13-18)24-2)7-8-20(22)21-10-9-16-5-3-4-6-17(16)14-21/h3-6,11-13H,7-10,14H2,1-2H3. The number of fused-ring (bicyclic) bond motifs is 1. The first-order chi connectivity index (χ1) is 11.7. The molecular formula is C20H23NO3. The number of benzene rings is 2. The molecule has 0 unspecified atom stereocenters. The first kappa shape index (κ1) is 16.4. The van der Waals surface area contributed by atoms with Gasteiger partial charge in [0.1, 0.15) is 11.5 Å². The number of hydrogen-bond acceptors (Lipinski definition) is 3. The molecule has 0 N–H and O–H groups in total. The second kappa shape index (κ2) is 7.39. The molecule has 126 valence electrons. The number of rotatable bonds is 5. The van der Waals surface area contributed by atoms with Crippen molar-refractivity contribution in [2.24, 2.45) is 0 Å². The Balaban J connectivity index is 1.62. The second-order valence-corrected chi connectivity index (χ2v) is 6.05. The number of aryl methyl sites for hydroxylation is 1. The van der Waals surface area contributed by atoms with E-state index in [2.05, 4.69) is 18.2 Å². The minimum Gasteiger partial charge on any atom is -0.497 e. The monoisotopic (exact) mass is 325 g/mol. The van der Waals surface area contributed by atoms with Crippen molar-refractivity contribution in [3.05, 3.63) is 59.2 Å². The average Bonchev–Trinajstić information content (AvgIpc) is 2.65. The third kappa shape index (κ3) is 3.70. The number of methoxy groups -OCH3 is 2. The van der Waals surface area contributed by atoms with Gasteiger partial charge in [0.25, 0.3) is 0 Å². The van der Waals surface area contributed by atoms with Crippen LogP contribution in [0.2, 0.25) is 0 Å². The fourth-order valence-corrected chi connectivity index (χ4v) is 3.13. The molecule has 4 nitrogen and oxygen atoms in total. The molecule has 0 spiro atoms. The Labute approximate surface area is 143 Å². The van der Waals surface area contributed by atoms with Crippen LogP contribution in [0.5, 0.6) is 11.5 Å². The zero-order chi connectivity index (χ0) is 16.9. The van der Waals surface area contributed by atoms with Crippen LogP contribution in [0.25, 0.3) is 0 Å². The quantitative estimate of drug-likeness (QED) is 0.847. The lowest BCUT2D eigenvalue weighted by molar-refractivity contribution is -0.132. The van der Waals surface area contributed by atoms with E-state index in [1.165, 1.54) is 11.1 Å². The topological polar surface area (TPSA) is 38.8 Å². The van der Waals surface area contributed by atoms with Crippen LogP contribution < -0.4 is 9.47 Å². The van der Waals surface area contributed by atoms with Gasteiger partial charge >= 0.3 is 0 Å². The minimum atomic E-state index is 0.200. The fourth-order valence-electron chi connectivity index (χ4n) is 3.13. The maximum absolute atomic E-state index is 12.6. The largest absolute Gasteiger partial charge is 0.497 e. The summed E-state index contributed by atoms with van der Waals surface area (Å²) >= 11 is 0. The van der Waals surface area contributed by atoms with Gasteiger partial charge in [-0.05, 0) is 41.7 Å². The van der Waals surface area contributed by atoms with Gasteiger partial charge in [-0.25, -0.2) is 0 Å². The molecule has 0 aromatic heterocycles. The van der Waals surface area contributed by atoms with E-state index in [1.54, 1.807) is 14.2 Å². The third-order valence-corrected chi connectivity index (χ3v) is 4.52. The lowest BCUT2D eigenvalue weighted by atomic mass is 9.99. The number of hydrogen-bond donors (Lipinski definition) is 0. The van der Waals surface area contributed by atoms with Crippen LogP contribution in [0.1, 0.15) is 23.1 Å². The molecule has 0 radical (unpaired) electrons. The minimum absolute atomic E-state index is 0.200. The third-order valence-electron chi connectivity index (χ3n) is 4.52. The van der Waals surface area contributed by atoms with Crippen LogP contribution >= 0.6 is 0 Å². The summed E-state index contributed by atoms with van der Waals surface area (Å²) in [4.78, 5) is 14.5. The maximum Gasteiger partial charge on any atom is 0.223 e. The Morgan fingerprint density at radius 2 is 1.71 bits per heavy atom. The fraction of sp³-hybridized carbons (Fsp3) is 0.350. The highest BCUT2D eigenvalue weighted by Crippen LogP contribution is 2.24. The molecule has 1 aliphatic rings. The summed E-state index contributed by atoms with van der Waals surface area (Å²) in [6.45, 7) is 1.52. The van der Waals surface area contributed by atoms with Crippen LogP contribution in [0.4, 0.5) is 0 Å². The molecule has 1 aliphatic heterocycles. The Morgan fingerprint density at radius 1 is 1.04 bits per heavy atom. The Hall–Kier alpha value is -2.49. The summed E-state index contributed by atoms with van der Waals surface area (Å²) in [6, 6.07) is 14.1. The molecule has 4 heteroatoms. The Bertz CT molecular complexity index is 704. The van der Waals surface area contributed by atoms with Gasteiger partial charge in [-0.3, -0.25) is 4.79 Å². The predicted molar refractivity (Wildman–Crippen MR) is 93.4 cm³/mol. The molecule has 24 heavy (non-hydrogen) atoms. The summed E-state index contributed by atoms with van der Waals surface area (Å²) < 4.78 is 10.6. The van der Waals surface area contributed by atoms with Crippen molar-refractivity contribution in [3.8, 4) is 11.5 Å². The number of ether oxygens (including phenoxy) is 2. The maximum atomic E-state index is 12.6. The van der Waals surface area contributed by atoms with Crippen LogP contribution in [0.3, 0.4) is 0 Å². The molecule has 0 atom stereocenters. The van der Waals surface area contributed by atoms with Gasteiger partial charge in [-0.1, -0.05) is 24.3 Å². The molecule has 2 aromatic rings. The van der Waals surface area contributed by atoms with Gasteiger partial charge in [0.15, 0.2) is 0 Å². The summed E-state index contributed by atoms with van der Waals surface area (Å²) in [5.41, 5.74) is 3.68. The lowest BCUT2D eigenvalue weighted by Gasteiger charge is -2.29. The SMILES string of the molecule is COc1cc(CCC(=O)N2CCc3ccccc3C2)cc(OC)c1. The van der Waals surface area contributed by atoms with Gasteiger partial charge < -0.3 is 14.4 Å². The zero-order valence-electron chi connectivity index (χ0n) is 14.2. The number of nitrogens with zero attached hydrogens (tertiary/aromatic N) is 1. The lowest BCUT2D eigenvalue weighted by Crippen LogP contribution is -2.36. The van der Waals surface area contributed by atoms with E-state index < -0.39 is 0 Å². The zero-order valence-corrected chi connectivity index (χ0v) is 14.2. The van der Waals surface area contributed by atoms with Crippen LogP contribution in [-0.2, 0) is 24.2 Å². The van der Waals surface area contributed by atoms with Crippen molar-refractivity contribution in [1.82, 2.24) is 4.90 Å². The first-order valence-electron chi connectivity index (χ1n) is 8.26. The second-order valence-electron chi connectivity index (χ2n) is 6.05. The van der Waals surface area contributed by atoms with E-state index >= 15 is 0 Å². The van der Waals surface area contributed by atoms with E-state index in [0.29, 0.717) is 12.8 Å². The van der Waals surface area contributed by atoms with E-state index in [-0.39, 0.29) is 5.91 Å². The van der Waals surface area contributed by atoms with E-state index in [9.17, 15) is 4.79 Å². The van der Waals surface area contributed by atoms with E-state index in [0.717, 1.165) is 36.6 Å². The Morgan fingerprint density at radius 3 is 2.38 bits per heavy atom. The average molecular weight is 325 g/mol. The molecular weight excluding hydrogens is 302 g/mol. The number of carbonyl (C=O) groups excluding carboxylic acids is 1. The normalized spacial score (nSPS) is 13.3. The predicted octanol–water partition coefficient (Wildman–Crippen LogP) is 3.22. The highest BCUT2D eigenvalue weighted by atomic mass is 16.5. The molecule has 0 saturated carbocycles. The Kier molecular flexibility index (Phi) is 5.04. The van der Waals surface area contributed by atoms with Crippen molar-refractivity contribution >= 4 is 5.91 Å². The highest BCUT2D eigenvalue weighted by molar-refractivity contribution is 5.76. The molecule has 1 heterocycles. The van der Waals surface area contributed by atoms with Crippen molar-refractivity contribution < 1.29 is 14.3 Å². The van der Waals surface area contributed by atoms with Crippen LogP contribution in [-0.4, -0.2) is 31.6 Å². The molecule has 2 aromatic carbocycles. The molecule has 0 fully saturated rings. The van der Waals surface area contributed by atoms with Gasteiger partial charge in [-0.15, -0.1) is 0 Å². The summed E-state index contributed by atoms with van der Waals surface area (Å²) in [7, 11) is 3.27. The van der Waals surface area contributed by atoms with Crippen molar-refractivity contribution in [1.29, 1.82) is 0 Å². The highest BCUT2D eigenvalue weighted by Gasteiger charge is 2.20. The smallest absolute Gasteiger partial charge is 0.223 e. The summed E-state index contributed by atoms with van der Waals surface area (Å²) in [5, 5.41) is 0. The number of carbonyl (C=O) groups is 1. The van der Waals surface area contributed by atoms with Crippen molar-refractivity contribution in [2.75, 3.05) is 20.8 Å². The first-order valence-corrected chi connectivity index (χ1v) is 8.26. The van der Waals surface area contributed by atoms with Gasteiger partial charge in [0, 0.05) is 25.6 Å². The molecule has 0 bridgehead atoms. The van der Waals surface area contributed by atoms with Gasteiger partial charge in [0.2, 0.25) is 5.91 Å². The van der Waals surface area contributed by atoms with E-state index in [4.69, 9.17) is 9.47 Å². The molecule has 1 amide bonds. The van der Waals surface area contributed by atoms with Crippen molar-refractivity contribution in [2.45, 2.75) is 25.8 Å². The van der Waals surface area contributed by atoms with Crippen molar-refractivity contribution in [3.63, 3.8) is 0 Å². The van der Waals surface area contributed by atoms with Crippen LogP contribution in [0.15, 0.2) is 42.5 Å². The summed E-state index contributed by atoms with van der Waals surface area (Å²) in [6.07, 6.45) is 2.12. The van der Waals surface area contributed by atoms with Gasteiger partial charge in [-0.2, -0.15) is 0 Å². The van der Waals surface area contributed by atoms with Crippen LogP contribution in [0, 0.1) is 0 Å². The molecule has 3 rings (SSSR count). The molecule has 0 aliphatic carbocycles. The number of amides is 1. The summed E-state index contributed by atoms with van der Waals surface area (Å²) in [5.74, 6) is 1.71. The van der Waals surface area contributed by atoms with Gasteiger partial charge in [0.05, 0.1) is 14.2 Å². The van der Waals surface area contributed by atoms with E-state index in [1.807, 2.05) is 29.2 Å². The molecule has 0 saturated heterocycles.